The van der Waals surface area contributed by atoms with E-state index in [0.717, 1.165) is 19.3 Å². The highest BCUT2D eigenvalue weighted by Crippen LogP contribution is 2.36. The molecule has 1 unspecified atom stereocenters. The first-order valence-corrected chi connectivity index (χ1v) is 10.8. The molecule has 0 aliphatic carbocycles. The van der Waals surface area contributed by atoms with Crippen molar-refractivity contribution in [1.82, 2.24) is 5.32 Å². The third kappa shape index (κ3) is 8.02. The number of carbonyl (C=O) groups is 1. The van der Waals surface area contributed by atoms with Gasteiger partial charge in [0.25, 0.3) is 11.7 Å². The van der Waals surface area contributed by atoms with Crippen LogP contribution >= 0.6 is 0 Å². The lowest BCUT2D eigenvalue weighted by atomic mass is 10.0. The average molecular weight is 380 g/mol. The third-order valence-corrected chi connectivity index (χ3v) is 5.28. The van der Waals surface area contributed by atoms with E-state index in [1.807, 2.05) is 0 Å². The van der Waals surface area contributed by atoms with Crippen molar-refractivity contribution in [2.45, 2.75) is 96.3 Å². The number of hydrogen-bond donors (Lipinski definition) is 2. The number of aliphatic hydroxyl groups excluding tert-OH is 1. The number of hydrogen-bond acceptors (Lipinski definition) is 6. The first-order chi connectivity index (χ1) is 11.9. The van der Waals surface area contributed by atoms with Gasteiger partial charge in [0.15, 0.2) is 0 Å². The Morgan fingerprint density at radius 3 is 1.92 bits per heavy atom. The van der Waals surface area contributed by atoms with E-state index in [-0.39, 0.29) is 13.0 Å². The smallest absolute Gasteiger partial charge is 0.394 e. The summed E-state index contributed by atoms with van der Waals surface area (Å²) in [5.74, 6) is -2.41. The summed E-state index contributed by atoms with van der Waals surface area (Å²) < 4.78 is 31.9. The molecule has 1 rings (SSSR count). The molecule has 1 atom stereocenters. The van der Waals surface area contributed by atoms with Crippen LogP contribution in [0.1, 0.15) is 84.5 Å². The zero-order chi connectivity index (χ0) is 18.8. The summed E-state index contributed by atoms with van der Waals surface area (Å²) in [7, 11) is -4.06. The fourth-order valence-corrected chi connectivity index (χ4v) is 3.82. The van der Waals surface area contributed by atoms with Crippen molar-refractivity contribution in [3.05, 3.63) is 0 Å². The molecule has 7 nitrogen and oxygen atoms in total. The molecule has 0 aromatic rings. The summed E-state index contributed by atoms with van der Waals surface area (Å²) in [6.45, 7) is 3.57. The molecule has 8 heteroatoms. The van der Waals surface area contributed by atoms with Gasteiger partial charge in [0, 0.05) is 12.5 Å². The van der Waals surface area contributed by atoms with Crippen molar-refractivity contribution in [2.75, 3.05) is 6.61 Å². The molecule has 1 fully saturated rings. The monoisotopic (exact) mass is 379 g/mol. The summed E-state index contributed by atoms with van der Waals surface area (Å²) in [4.78, 5) is 12.2. The van der Waals surface area contributed by atoms with Gasteiger partial charge in [-0.1, -0.05) is 64.7 Å². The third-order valence-electron chi connectivity index (χ3n) is 4.33. The van der Waals surface area contributed by atoms with Crippen molar-refractivity contribution in [3.8, 4) is 0 Å². The second kappa shape index (κ2) is 11.1. The molecule has 25 heavy (non-hydrogen) atoms. The van der Waals surface area contributed by atoms with Crippen LogP contribution in [-0.4, -0.2) is 37.9 Å². The fraction of sp³-hybridized carbons (Fsp3) is 0.941. The SMILES string of the molecule is CCCCCCCCCCCCC1(C(=O)NC(C)CO)OS(=O)(=O)O1. The van der Waals surface area contributed by atoms with E-state index in [1.165, 1.54) is 38.5 Å². The molecule has 1 saturated heterocycles. The first-order valence-electron chi connectivity index (χ1n) is 9.43. The predicted molar refractivity (Wildman–Crippen MR) is 95.0 cm³/mol. The van der Waals surface area contributed by atoms with Crippen LogP contribution in [-0.2, 0) is 23.6 Å². The Morgan fingerprint density at radius 2 is 1.48 bits per heavy atom. The molecule has 1 aliphatic heterocycles. The van der Waals surface area contributed by atoms with Crippen LogP contribution < -0.4 is 5.32 Å². The Bertz CT molecular complexity index is 481. The molecule has 0 aromatic carbocycles. The largest absolute Gasteiger partial charge is 0.406 e. The molecule has 1 amide bonds. The molecule has 0 saturated carbocycles. The Morgan fingerprint density at radius 1 is 1.00 bits per heavy atom. The van der Waals surface area contributed by atoms with Gasteiger partial charge < -0.3 is 10.4 Å². The number of nitrogens with one attached hydrogen (secondary N) is 1. The second-order valence-electron chi connectivity index (χ2n) is 6.82. The quantitative estimate of drug-likeness (QED) is 0.450. The highest BCUT2D eigenvalue weighted by atomic mass is 32.3. The van der Waals surface area contributed by atoms with Crippen LogP contribution in [0.3, 0.4) is 0 Å². The van der Waals surface area contributed by atoms with E-state index in [0.29, 0.717) is 6.42 Å². The van der Waals surface area contributed by atoms with Gasteiger partial charge in [-0.05, 0) is 13.3 Å². The van der Waals surface area contributed by atoms with Crippen molar-refractivity contribution in [1.29, 1.82) is 0 Å². The maximum absolute atomic E-state index is 12.2. The standard InChI is InChI=1S/C17H33NO6S/c1-3-4-5-6-7-8-9-10-11-12-13-17(23-25(21,22)24-17)16(20)18-15(2)14-19/h15,19H,3-14H2,1-2H3,(H,18,20). The Hall–Kier alpha value is -0.700. The summed E-state index contributed by atoms with van der Waals surface area (Å²) >= 11 is 0. The van der Waals surface area contributed by atoms with Crippen LogP contribution in [0.4, 0.5) is 0 Å². The van der Waals surface area contributed by atoms with Gasteiger partial charge in [-0.25, -0.2) is 8.37 Å². The van der Waals surface area contributed by atoms with E-state index < -0.39 is 28.1 Å². The van der Waals surface area contributed by atoms with Gasteiger partial charge in [-0.15, -0.1) is 0 Å². The molecule has 1 aliphatic rings. The normalized spacial score (nSPS) is 19.2. The molecule has 1 heterocycles. The topological polar surface area (TPSA) is 102 Å². The first kappa shape index (κ1) is 22.3. The van der Waals surface area contributed by atoms with E-state index >= 15 is 0 Å². The van der Waals surface area contributed by atoms with E-state index in [1.54, 1.807) is 6.92 Å². The molecule has 0 spiro atoms. The number of amides is 1. The number of unbranched alkanes of at least 4 members (excludes halogenated alkanes) is 9. The average Bonchev–Trinajstić information content (AvgIpc) is 2.54. The zero-order valence-electron chi connectivity index (χ0n) is 15.5. The highest BCUT2D eigenvalue weighted by Gasteiger charge is 2.57. The van der Waals surface area contributed by atoms with Gasteiger partial charge in [0.2, 0.25) is 0 Å². The molecular formula is C17H33NO6S. The van der Waals surface area contributed by atoms with Crippen molar-refractivity contribution in [2.24, 2.45) is 0 Å². The van der Waals surface area contributed by atoms with E-state index in [4.69, 9.17) is 13.5 Å². The lowest BCUT2D eigenvalue weighted by Crippen LogP contribution is -2.61. The number of aliphatic hydroxyl groups is 1. The minimum atomic E-state index is -4.06. The minimum Gasteiger partial charge on any atom is -0.394 e. The van der Waals surface area contributed by atoms with Crippen molar-refractivity contribution < 1.29 is 26.7 Å². The Labute approximate surface area is 151 Å². The predicted octanol–water partition coefficient (Wildman–Crippen LogP) is 2.78. The maximum atomic E-state index is 12.2. The van der Waals surface area contributed by atoms with Crippen LogP contribution in [0, 0.1) is 0 Å². The van der Waals surface area contributed by atoms with Crippen LogP contribution in [0.15, 0.2) is 0 Å². The van der Waals surface area contributed by atoms with Gasteiger partial charge in [-0.3, -0.25) is 4.79 Å². The lowest BCUT2D eigenvalue weighted by Gasteiger charge is -2.38. The zero-order valence-corrected chi connectivity index (χ0v) is 16.3. The summed E-state index contributed by atoms with van der Waals surface area (Å²) in [6.07, 6.45) is 11.6. The van der Waals surface area contributed by atoms with Crippen LogP contribution in [0.25, 0.3) is 0 Å². The maximum Gasteiger partial charge on any atom is 0.406 e. The Balaban J connectivity index is 2.23. The molecule has 0 bridgehead atoms. The molecule has 148 valence electrons. The number of rotatable bonds is 14. The molecule has 0 aromatic heterocycles. The minimum absolute atomic E-state index is 0.187. The van der Waals surface area contributed by atoms with Gasteiger partial charge in [-0.2, -0.15) is 8.42 Å². The van der Waals surface area contributed by atoms with Crippen molar-refractivity contribution in [3.63, 3.8) is 0 Å². The lowest BCUT2D eigenvalue weighted by molar-refractivity contribution is -0.202. The van der Waals surface area contributed by atoms with Crippen LogP contribution in [0.2, 0.25) is 0 Å². The summed E-state index contributed by atoms with van der Waals surface area (Å²) in [6, 6.07) is -0.493. The fourth-order valence-electron chi connectivity index (χ4n) is 2.83. The van der Waals surface area contributed by atoms with Gasteiger partial charge >= 0.3 is 10.4 Å². The Kier molecular flexibility index (Phi) is 9.92. The highest BCUT2D eigenvalue weighted by molar-refractivity contribution is 7.83. The van der Waals surface area contributed by atoms with Gasteiger partial charge in [0.05, 0.1) is 6.61 Å². The molecule has 0 radical (unpaired) electrons. The van der Waals surface area contributed by atoms with E-state index in [9.17, 15) is 13.2 Å². The summed E-state index contributed by atoms with van der Waals surface area (Å²) in [5, 5.41) is 11.5. The second-order valence-corrected chi connectivity index (χ2v) is 7.97. The van der Waals surface area contributed by atoms with E-state index in [2.05, 4.69) is 12.2 Å². The van der Waals surface area contributed by atoms with Crippen LogP contribution in [0.5, 0.6) is 0 Å². The molecule has 2 N–H and O–H groups in total. The van der Waals surface area contributed by atoms with Crippen molar-refractivity contribution >= 4 is 16.3 Å². The number of carbonyl (C=O) groups excluding carboxylic acids is 1. The van der Waals surface area contributed by atoms with Gasteiger partial charge in [0.1, 0.15) is 0 Å². The summed E-state index contributed by atoms with van der Waals surface area (Å²) in [5.41, 5.74) is 0. The molecular weight excluding hydrogens is 346 g/mol.